The highest BCUT2D eigenvalue weighted by Crippen LogP contribution is 2.18. The van der Waals surface area contributed by atoms with Crippen LogP contribution in [-0.2, 0) is 0 Å². The number of carbonyl (C=O) groups is 1. The van der Waals surface area contributed by atoms with E-state index in [1.54, 1.807) is 36.4 Å². The molecule has 0 aliphatic carbocycles. The molecule has 86 valence electrons. The summed E-state index contributed by atoms with van der Waals surface area (Å²) < 4.78 is 7.09. The van der Waals surface area contributed by atoms with Gasteiger partial charge in [0, 0.05) is 8.95 Å². The van der Waals surface area contributed by atoms with E-state index in [9.17, 15) is 4.79 Å². The highest BCUT2D eigenvalue weighted by molar-refractivity contribution is 9.10. The van der Waals surface area contributed by atoms with Gasteiger partial charge in [-0.2, -0.15) is 0 Å². The minimum Gasteiger partial charge on any atom is -0.423 e. The van der Waals surface area contributed by atoms with Crippen molar-refractivity contribution in [1.29, 1.82) is 0 Å². The lowest BCUT2D eigenvalue weighted by atomic mass is 10.2. The summed E-state index contributed by atoms with van der Waals surface area (Å²) in [6.07, 6.45) is 0. The van der Waals surface area contributed by atoms with E-state index in [0.29, 0.717) is 11.3 Å². The molecule has 2 rings (SSSR count). The Morgan fingerprint density at radius 2 is 1.29 bits per heavy atom. The van der Waals surface area contributed by atoms with E-state index in [4.69, 9.17) is 4.74 Å². The lowest BCUT2D eigenvalue weighted by Gasteiger charge is -2.04. The molecule has 0 amide bonds. The fourth-order valence-corrected chi connectivity index (χ4v) is 1.78. The molecule has 0 atom stereocenters. The van der Waals surface area contributed by atoms with Gasteiger partial charge in [0.25, 0.3) is 0 Å². The van der Waals surface area contributed by atoms with Crippen molar-refractivity contribution in [2.24, 2.45) is 0 Å². The van der Waals surface area contributed by atoms with Crippen LogP contribution in [0.25, 0.3) is 0 Å². The van der Waals surface area contributed by atoms with Crippen LogP contribution < -0.4 is 4.74 Å². The fraction of sp³-hybridized carbons (Fsp3) is 0. The van der Waals surface area contributed by atoms with Crippen LogP contribution in [-0.4, -0.2) is 5.97 Å². The summed E-state index contributed by atoms with van der Waals surface area (Å²) in [7, 11) is 0. The lowest BCUT2D eigenvalue weighted by molar-refractivity contribution is 0.0735. The molecule has 0 aliphatic heterocycles. The SMILES string of the molecule is O=C(Oc1ccc(Br)cc1)c1ccc(Br)cc1. The molecule has 0 spiro atoms. The van der Waals surface area contributed by atoms with Crippen LogP contribution in [0.2, 0.25) is 0 Å². The summed E-state index contributed by atoms with van der Waals surface area (Å²) in [5.41, 5.74) is 0.524. The Morgan fingerprint density at radius 1 is 0.824 bits per heavy atom. The second-order valence-electron chi connectivity index (χ2n) is 3.35. The Labute approximate surface area is 116 Å². The number of halogens is 2. The first-order valence-corrected chi connectivity index (χ1v) is 6.47. The number of benzene rings is 2. The van der Waals surface area contributed by atoms with Gasteiger partial charge in [0.2, 0.25) is 0 Å². The van der Waals surface area contributed by atoms with Crippen molar-refractivity contribution in [1.82, 2.24) is 0 Å². The van der Waals surface area contributed by atoms with E-state index in [0.717, 1.165) is 8.95 Å². The highest BCUT2D eigenvalue weighted by atomic mass is 79.9. The number of rotatable bonds is 2. The van der Waals surface area contributed by atoms with E-state index in [1.807, 2.05) is 12.1 Å². The molecule has 2 aromatic carbocycles. The van der Waals surface area contributed by atoms with Crippen LogP contribution in [0, 0.1) is 0 Å². The first kappa shape index (κ1) is 12.3. The van der Waals surface area contributed by atoms with Gasteiger partial charge >= 0.3 is 5.97 Å². The number of hydrogen-bond acceptors (Lipinski definition) is 2. The smallest absolute Gasteiger partial charge is 0.343 e. The lowest BCUT2D eigenvalue weighted by Crippen LogP contribution is -2.07. The van der Waals surface area contributed by atoms with Crippen LogP contribution in [0.5, 0.6) is 5.75 Å². The summed E-state index contributed by atoms with van der Waals surface area (Å²) in [4.78, 5) is 11.8. The van der Waals surface area contributed by atoms with Crippen molar-refractivity contribution >= 4 is 37.8 Å². The summed E-state index contributed by atoms with van der Waals surface area (Å²) in [5, 5.41) is 0. The van der Waals surface area contributed by atoms with E-state index in [1.165, 1.54) is 0 Å². The van der Waals surface area contributed by atoms with Crippen LogP contribution in [0.4, 0.5) is 0 Å². The average Bonchev–Trinajstić information content (AvgIpc) is 2.33. The van der Waals surface area contributed by atoms with E-state index in [-0.39, 0.29) is 5.97 Å². The number of hydrogen-bond donors (Lipinski definition) is 0. The maximum Gasteiger partial charge on any atom is 0.343 e. The molecule has 0 fully saturated rings. The molecule has 0 saturated heterocycles. The first-order chi connectivity index (χ1) is 8.15. The molecule has 2 nitrogen and oxygen atoms in total. The third kappa shape index (κ3) is 3.41. The van der Waals surface area contributed by atoms with Gasteiger partial charge in [0.1, 0.15) is 5.75 Å². The van der Waals surface area contributed by atoms with Gasteiger partial charge in [0.05, 0.1) is 5.56 Å². The van der Waals surface area contributed by atoms with Crippen LogP contribution >= 0.6 is 31.9 Å². The monoisotopic (exact) mass is 354 g/mol. The Bertz CT molecular complexity index is 518. The van der Waals surface area contributed by atoms with Crippen molar-refractivity contribution in [3.8, 4) is 5.75 Å². The Kier molecular flexibility index (Phi) is 3.97. The van der Waals surface area contributed by atoms with Crippen molar-refractivity contribution in [3.63, 3.8) is 0 Å². The third-order valence-corrected chi connectivity index (χ3v) is 3.16. The van der Waals surface area contributed by atoms with Crippen LogP contribution in [0.1, 0.15) is 10.4 Å². The zero-order valence-corrected chi connectivity index (χ0v) is 11.9. The quantitative estimate of drug-likeness (QED) is 0.588. The van der Waals surface area contributed by atoms with Gasteiger partial charge in [-0.15, -0.1) is 0 Å². The molecule has 2 aromatic rings. The Hall–Kier alpha value is -1.13. The predicted molar refractivity (Wildman–Crippen MR) is 73.2 cm³/mol. The molecule has 0 unspecified atom stereocenters. The normalized spacial score (nSPS) is 10.0. The molecule has 0 saturated carbocycles. The highest BCUT2D eigenvalue weighted by Gasteiger charge is 2.07. The van der Waals surface area contributed by atoms with Gasteiger partial charge in [-0.3, -0.25) is 0 Å². The maximum atomic E-state index is 11.8. The summed E-state index contributed by atoms with van der Waals surface area (Å²) in [6, 6.07) is 14.2. The molecule has 0 aromatic heterocycles. The minimum absolute atomic E-state index is 0.361. The summed E-state index contributed by atoms with van der Waals surface area (Å²) >= 11 is 6.63. The zero-order chi connectivity index (χ0) is 12.3. The van der Waals surface area contributed by atoms with Gasteiger partial charge < -0.3 is 4.74 Å². The second-order valence-corrected chi connectivity index (χ2v) is 5.18. The van der Waals surface area contributed by atoms with E-state index < -0.39 is 0 Å². The van der Waals surface area contributed by atoms with E-state index >= 15 is 0 Å². The molecule has 0 heterocycles. The Morgan fingerprint density at radius 3 is 1.82 bits per heavy atom. The topological polar surface area (TPSA) is 26.3 Å². The number of carbonyl (C=O) groups excluding carboxylic acids is 1. The molecular formula is C13H8Br2O2. The maximum absolute atomic E-state index is 11.8. The van der Waals surface area contributed by atoms with Crippen molar-refractivity contribution in [3.05, 3.63) is 63.0 Å². The third-order valence-electron chi connectivity index (χ3n) is 2.10. The average molecular weight is 356 g/mol. The van der Waals surface area contributed by atoms with Crippen molar-refractivity contribution in [2.45, 2.75) is 0 Å². The molecule has 0 N–H and O–H groups in total. The molecule has 17 heavy (non-hydrogen) atoms. The zero-order valence-electron chi connectivity index (χ0n) is 8.69. The van der Waals surface area contributed by atoms with Crippen LogP contribution in [0.15, 0.2) is 57.5 Å². The standard InChI is InChI=1S/C13H8Br2O2/c14-10-3-1-9(2-4-10)13(16)17-12-7-5-11(15)6-8-12/h1-8H. The van der Waals surface area contributed by atoms with Crippen LogP contribution in [0.3, 0.4) is 0 Å². The minimum atomic E-state index is -0.361. The molecule has 0 aliphatic rings. The Balaban J connectivity index is 2.11. The number of ether oxygens (including phenoxy) is 1. The first-order valence-electron chi connectivity index (χ1n) is 4.88. The predicted octanol–water partition coefficient (Wildman–Crippen LogP) is 4.43. The van der Waals surface area contributed by atoms with Gasteiger partial charge in [-0.1, -0.05) is 31.9 Å². The molecule has 0 radical (unpaired) electrons. The van der Waals surface area contributed by atoms with E-state index in [2.05, 4.69) is 31.9 Å². The largest absolute Gasteiger partial charge is 0.423 e. The van der Waals surface area contributed by atoms with Gasteiger partial charge in [-0.25, -0.2) is 4.79 Å². The fourth-order valence-electron chi connectivity index (χ4n) is 1.25. The number of esters is 1. The molecular weight excluding hydrogens is 348 g/mol. The van der Waals surface area contributed by atoms with Gasteiger partial charge in [-0.05, 0) is 48.5 Å². The summed E-state index contributed by atoms with van der Waals surface area (Å²) in [6.45, 7) is 0. The summed E-state index contributed by atoms with van der Waals surface area (Å²) in [5.74, 6) is 0.168. The second kappa shape index (κ2) is 5.47. The molecule has 0 bridgehead atoms. The molecule has 4 heteroatoms. The van der Waals surface area contributed by atoms with Gasteiger partial charge in [0.15, 0.2) is 0 Å². The van der Waals surface area contributed by atoms with Crippen molar-refractivity contribution in [2.75, 3.05) is 0 Å². The van der Waals surface area contributed by atoms with Crippen molar-refractivity contribution < 1.29 is 9.53 Å².